The van der Waals surface area contributed by atoms with Gasteiger partial charge in [-0.3, -0.25) is 9.48 Å². The lowest BCUT2D eigenvalue weighted by molar-refractivity contribution is 0.0747. The lowest BCUT2D eigenvalue weighted by Gasteiger charge is -2.15. The molecule has 0 saturated carbocycles. The van der Waals surface area contributed by atoms with Crippen molar-refractivity contribution < 1.29 is 13.9 Å². The second-order valence-electron chi connectivity index (χ2n) is 7.39. The molecule has 0 bridgehead atoms. The number of carbonyl (C=O) groups excluding carboxylic acids is 1. The highest BCUT2D eigenvalue weighted by Crippen LogP contribution is 2.28. The summed E-state index contributed by atoms with van der Waals surface area (Å²) in [4.78, 5) is 14.2. The van der Waals surface area contributed by atoms with Gasteiger partial charge in [0.25, 0.3) is 5.91 Å². The van der Waals surface area contributed by atoms with Crippen molar-refractivity contribution in [3.63, 3.8) is 0 Å². The second kappa shape index (κ2) is 8.33. The fourth-order valence-electron chi connectivity index (χ4n) is 3.01. The SMILES string of the molecule is Cc1ccc(C(C)C)c(OCc2ccc(C(=O)N(C)Cc3ccn(C)n3)o2)c1. The molecule has 2 aromatic heterocycles. The third-order valence-corrected chi connectivity index (χ3v) is 4.55. The van der Waals surface area contributed by atoms with Crippen molar-refractivity contribution in [2.45, 2.75) is 39.8 Å². The summed E-state index contributed by atoms with van der Waals surface area (Å²) in [6, 6.07) is 11.6. The molecular formula is C22H27N3O3. The lowest BCUT2D eigenvalue weighted by atomic mass is 10.0. The van der Waals surface area contributed by atoms with Gasteiger partial charge in [-0.05, 0) is 48.2 Å². The van der Waals surface area contributed by atoms with Gasteiger partial charge in [0.15, 0.2) is 5.76 Å². The van der Waals surface area contributed by atoms with Gasteiger partial charge in [-0.15, -0.1) is 0 Å². The van der Waals surface area contributed by atoms with Crippen LogP contribution in [0.15, 0.2) is 47.0 Å². The first-order chi connectivity index (χ1) is 13.3. The average Bonchev–Trinajstić information content (AvgIpc) is 3.28. The molecule has 28 heavy (non-hydrogen) atoms. The molecule has 0 radical (unpaired) electrons. The maximum absolute atomic E-state index is 12.6. The van der Waals surface area contributed by atoms with Crippen molar-refractivity contribution in [3.05, 3.63) is 70.9 Å². The monoisotopic (exact) mass is 381 g/mol. The number of hydrogen-bond acceptors (Lipinski definition) is 4. The Balaban J connectivity index is 1.64. The molecule has 0 saturated heterocycles. The average molecular weight is 381 g/mol. The number of rotatable bonds is 7. The topological polar surface area (TPSA) is 60.5 Å². The Hall–Kier alpha value is -3.02. The number of aromatic nitrogens is 2. The molecule has 0 aliphatic carbocycles. The van der Waals surface area contributed by atoms with Crippen LogP contribution in [0.1, 0.15) is 52.9 Å². The third-order valence-electron chi connectivity index (χ3n) is 4.55. The van der Waals surface area contributed by atoms with Crippen LogP contribution in [-0.2, 0) is 20.2 Å². The van der Waals surface area contributed by atoms with Gasteiger partial charge in [-0.25, -0.2) is 0 Å². The van der Waals surface area contributed by atoms with Crippen molar-refractivity contribution in [2.24, 2.45) is 7.05 Å². The molecule has 3 aromatic rings. The van der Waals surface area contributed by atoms with Crippen LogP contribution in [0.3, 0.4) is 0 Å². The van der Waals surface area contributed by atoms with E-state index in [1.165, 1.54) is 0 Å². The summed E-state index contributed by atoms with van der Waals surface area (Å²) in [6.07, 6.45) is 1.85. The number of carbonyl (C=O) groups is 1. The number of aryl methyl sites for hydroxylation is 2. The van der Waals surface area contributed by atoms with E-state index in [0.29, 0.717) is 24.0 Å². The maximum atomic E-state index is 12.6. The van der Waals surface area contributed by atoms with Gasteiger partial charge in [-0.2, -0.15) is 5.10 Å². The molecule has 2 heterocycles. The molecular weight excluding hydrogens is 354 g/mol. The number of ether oxygens (including phenoxy) is 1. The van der Waals surface area contributed by atoms with E-state index in [9.17, 15) is 4.79 Å². The minimum atomic E-state index is -0.185. The van der Waals surface area contributed by atoms with Crippen molar-refractivity contribution in [1.82, 2.24) is 14.7 Å². The zero-order chi connectivity index (χ0) is 20.3. The Morgan fingerprint density at radius 1 is 1.25 bits per heavy atom. The van der Waals surface area contributed by atoms with Gasteiger partial charge in [-0.1, -0.05) is 26.0 Å². The van der Waals surface area contributed by atoms with E-state index in [4.69, 9.17) is 9.15 Å². The summed E-state index contributed by atoms with van der Waals surface area (Å²) in [5.74, 6) is 1.95. The predicted molar refractivity (Wildman–Crippen MR) is 107 cm³/mol. The number of benzene rings is 1. The molecule has 1 amide bonds. The normalized spacial score (nSPS) is 11.1. The molecule has 148 valence electrons. The maximum Gasteiger partial charge on any atom is 0.289 e. The summed E-state index contributed by atoms with van der Waals surface area (Å²) in [5, 5.41) is 4.30. The Morgan fingerprint density at radius 2 is 2.04 bits per heavy atom. The number of nitrogens with zero attached hydrogens (tertiary/aromatic N) is 3. The van der Waals surface area contributed by atoms with Crippen LogP contribution in [0.5, 0.6) is 5.75 Å². The van der Waals surface area contributed by atoms with Crippen LogP contribution in [0.4, 0.5) is 0 Å². The third kappa shape index (κ3) is 4.63. The first kappa shape index (κ1) is 19.7. The molecule has 0 fully saturated rings. The smallest absolute Gasteiger partial charge is 0.289 e. The fourth-order valence-corrected chi connectivity index (χ4v) is 3.01. The van der Waals surface area contributed by atoms with Gasteiger partial charge in [0.2, 0.25) is 0 Å². The molecule has 0 spiro atoms. The summed E-state index contributed by atoms with van der Waals surface area (Å²) < 4.78 is 13.4. The Morgan fingerprint density at radius 3 is 2.71 bits per heavy atom. The van der Waals surface area contributed by atoms with E-state index in [2.05, 4.69) is 31.1 Å². The lowest BCUT2D eigenvalue weighted by Crippen LogP contribution is -2.26. The predicted octanol–water partition coefficient (Wildman–Crippen LogP) is 4.30. The van der Waals surface area contributed by atoms with Crippen molar-refractivity contribution >= 4 is 5.91 Å². The van der Waals surface area contributed by atoms with Gasteiger partial charge in [0, 0.05) is 20.3 Å². The van der Waals surface area contributed by atoms with Crippen LogP contribution >= 0.6 is 0 Å². The van der Waals surface area contributed by atoms with Crippen molar-refractivity contribution in [2.75, 3.05) is 7.05 Å². The Kier molecular flexibility index (Phi) is 5.87. The highest BCUT2D eigenvalue weighted by atomic mass is 16.5. The summed E-state index contributed by atoms with van der Waals surface area (Å²) in [5.41, 5.74) is 3.13. The minimum absolute atomic E-state index is 0.185. The molecule has 6 heteroatoms. The van der Waals surface area contributed by atoms with E-state index in [1.807, 2.05) is 32.3 Å². The highest BCUT2D eigenvalue weighted by molar-refractivity contribution is 5.91. The fraction of sp³-hybridized carbons (Fsp3) is 0.364. The molecule has 3 rings (SSSR count). The van der Waals surface area contributed by atoms with Crippen LogP contribution < -0.4 is 4.74 Å². The first-order valence-corrected chi connectivity index (χ1v) is 9.39. The zero-order valence-electron chi connectivity index (χ0n) is 17.1. The molecule has 0 N–H and O–H groups in total. The molecule has 1 aromatic carbocycles. The van der Waals surface area contributed by atoms with E-state index in [0.717, 1.165) is 22.6 Å². The summed E-state index contributed by atoms with van der Waals surface area (Å²) >= 11 is 0. The van der Waals surface area contributed by atoms with Crippen molar-refractivity contribution in [3.8, 4) is 5.75 Å². The van der Waals surface area contributed by atoms with Crippen LogP contribution in [-0.4, -0.2) is 27.6 Å². The molecule has 0 aliphatic rings. The van der Waals surface area contributed by atoms with Crippen LogP contribution in [0, 0.1) is 6.92 Å². The quantitative estimate of drug-likeness (QED) is 0.612. The molecule has 0 aliphatic heterocycles. The van der Waals surface area contributed by atoms with Gasteiger partial charge < -0.3 is 14.1 Å². The van der Waals surface area contributed by atoms with E-state index in [1.54, 1.807) is 28.8 Å². The van der Waals surface area contributed by atoms with Gasteiger partial charge in [0.05, 0.1) is 12.2 Å². The number of furan rings is 1. The van der Waals surface area contributed by atoms with Gasteiger partial charge >= 0.3 is 0 Å². The highest BCUT2D eigenvalue weighted by Gasteiger charge is 2.18. The molecule has 6 nitrogen and oxygen atoms in total. The molecule has 0 unspecified atom stereocenters. The van der Waals surface area contributed by atoms with Crippen LogP contribution in [0.25, 0.3) is 0 Å². The number of hydrogen-bond donors (Lipinski definition) is 0. The Bertz CT molecular complexity index is 956. The first-order valence-electron chi connectivity index (χ1n) is 9.39. The van der Waals surface area contributed by atoms with E-state index in [-0.39, 0.29) is 12.5 Å². The summed E-state index contributed by atoms with van der Waals surface area (Å²) in [6.45, 7) is 7.02. The van der Waals surface area contributed by atoms with Crippen molar-refractivity contribution in [1.29, 1.82) is 0 Å². The zero-order valence-corrected chi connectivity index (χ0v) is 17.1. The summed E-state index contributed by atoms with van der Waals surface area (Å²) in [7, 11) is 3.58. The Labute approximate surface area is 165 Å². The van der Waals surface area contributed by atoms with E-state index < -0.39 is 0 Å². The van der Waals surface area contributed by atoms with Crippen LogP contribution in [0.2, 0.25) is 0 Å². The van der Waals surface area contributed by atoms with Gasteiger partial charge in [0.1, 0.15) is 18.1 Å². The largest absolute Gasteiger partial charge is 0.485 e. The minimum Gasteiger partial charge on any atom is -0.485 e. The standard InChI is InChI=1S/C22H27N3O3/c1-15(2)19-8-6-16(3)12-21(19)27-14-18-7-9-20(28-18)22(26)24(4)13-17-10-11-25(5)23-17/h6-12,15H,13-14H2,1-5H3. The van der Waals surface area contributed by atoms with E-state index >= 15 is 0 Å². The second-order valence-corrected chi connectivity index (χ2v) is 7.39. The molecule has 0 atom stereocenters. The number of amides is 1.